The Morgan fingerprint density at radius 3 is 1.75 bits per heavy atom. The van der Waals surface area contributed by atoms with Gasteiger partial charge in [-0.05, 0) is 36.5 Å². The molecular formula is C17H16N6S. The number of rotatable bonds is 2. The number of hydrogen-bond acceptors (Lipinski definition) is 3. The molecule has 0 aliphatic rings. The van der Waals surface area contributed by atoms with E-state index in [2.05, 4.69) is 20.6 Å². The van der Waals surface area contributed by atoms with Crippen LogP contribution in [-0.4, -0.2) is 24.2 Å². The highest BCUT2D eigenvalue weighted by atomic mass is 32.1. The third-order valence-corrected chi connectivity index (χ3v) is 4.21. The molecule has 0 unspecified atom stereocenters. The summed E-state index contributed by atoms with van der Waals surface area (Å²) in [6.45, 7) is 0. The summed E-state index contributed by atoms with van der Waals surface area (Å²) in [5, 5.41) is 6.96. The number of imidazole rings is 2. The zero-order valence-corrected chi connectivity index (χ0v) is 14.1. The number of para-hydroxylation sites is 2. The van der Waals surface area contributed by atoms with Crippen molar-refractivity contribution in [2.45, 2.75) is 0 Å². The Balaban J connectivity index is 1.62. The molecule has 7 heteroatoms. The van der Waals surface area contributed by atoms with E-state index in [1.54, 1.807) is 12.7 Å². The second kappa shape index (κ2) is 5.61. The van der Waals surface area contributed by atoms with Crippen LogP contribution in [0.1, 0.15) is 0 Å². The Labute approximate surface area is 144 Å². The predicted octanol–water partition coefficient (Wildman–Crippen LogP) is 3.27. The fourth-order valence-corrected chi connectivity index (χ4v) is 3.01. The van der Waals surface area contributed by atoms with Crippen molar-refractivity contribution in [2.75, 3.05) is 10.6 Å². The largest absolute Gasteiger partial charge is 0.334 e. The quantitative estimate of drug-likeness (QED) is 0.550. The van der Waals surface area contributed by atoms with Gasteiger partial charge < -0.3 is 19.8 Å². The molecule has 2 heterocycles. The summed E-state index contributed by atoms with van der Waals surface area (Å²) < 4.78 is 3.96. The molecule has 4 rings (SSSR count). The van der Waals surface area contributed by atoms with Crippen molar-refractivity contribution < 1.29 is 0 Å². The van der Waals surface area contributed by atoms with E-state index < -0.39 is 0 Å². The van der Waals surface area contributed by atoms with Gasteiger partial charge in [-0.25, -0.2) is 9.97 Å². The van der Waals surface area contributed by atoms with Gasteiger partial charge in [0.05, 0.1) is 35.1 Å². The smallest absolute Gasteiger partial charge is 0.175 e. The van der Waals surface area contributed by atoms with Crippen LogP contribution in [-0.2, 0) is 14.1 Å². The summed E-state index contributed by atoms with van der Waals surface area (Å²) in [7, 11) is 3.94. The van der Waals surface area contributed by atoms with E-state index in [0.717, 1.165) is 33.4 Å². The molecule has 0 fully saturated rings. The van der Waals surface area contributed by atoms with Gasteiger partial charge in [0.2, 0.25) is 0 Å². The standard InChI is InChI=1S/C17H16N6S/c1-22-9-18-15-11(5-3-7-13(15)22)20-17(24)21-12-6-4-8-14-16(12)19-10-23(14)2/h3-10H,1-2H3,(H2,20,21,24). The fraction of sp³-hybridized carbons (Fsp3) is 0.118. The first-order valence-electron chi connectivity index (χ1n) is 7.51. The summed E-state index contributed by atoms with van der Waals surface area (Å²) in [6, 6.07) is 11.9. The molecule has 0 aliphatic heterocycles. The number of aromatic nitrogens is 4. The van der Waals surface area contributed by atoms with E-state index in [9.17, 15) is 0 Å². The monoisotopic (exact) mass is 336 g/mol. The fourth-order valence-electron chi connectivity index (χ4n) is 2.79. The lowest BCUT2D eigenvalue weighted by atomic mass is 10.2. The van der Waals surface area contributed by atoms with Gasteiger partial charge in [0.1, 0.15) is 11.0 Å². The van der Waals surface area contributed by atoms with Crippen LogP contribution in [0.15, 0.2) is 49.1 Å². The second-order valence-electron chi connectivity index (χ2n) is 5.64. The molecule has 0 saturated carbocycles. The van der Waals surface area contributed by atoms with Crippen molar-refractivity contribution in [1.29, 1.82) is 0 Å². The minimum absolute atomic E-state index is 0.506. The predicted molar refractivity (Wildman–Crippen MR) is 101 cm³/mol. The maximum atomic E-state index is 5.47. The molecule has 120 valence electrons. The Morgan fingerprint density at radius 2 is 1.29 bits per heavy atom. The summed E-state index contributed by atoms with van der Waals surface area (Å²) in [4.78, 5) is 8.86. The van der Waals surface area contributed by atoms with E-state index >= 15 is 0 Å². The minimum Gasteiger partial charge on any atom is -0.334 e. The van der Waals surface area contributed by atoms with Crippen molar-refractivity contribution in [1.82, 2.24) is 19.1 Å². The van der Waals surface area contributed by atoms with Crippen molar-refractivity contribution in [2.24, 2.45) is 14.1 Å². The maximum Gasteiger partial charge on any atom is 0.175 e. The highest BCUT2D eigenvalue weighted by Crippen LogP contribution is 2.23. The highest BCUT2D eigenvalue weighted by molar-refractivity contribution is 7.80. The van der Waals surface area contributed by atoms with Crippen LogP contribution < -0.4 is 10.6 Å². The zero-order valence-electron chi connectivity index (χ0n) is 13.3. The highest BCUT2D eigenvalue weighted by Gasteiger charge is 2.09. The third kappa shape index (κ3) is 2.39. The molecule has 0 amide bonds. The third-order valence-electron chi connectivity index (χ3n) is 4.01. The molecule has 24 heavy (non-hydrogen) atoms. The number of nitrogens with zero attached hydrogens (tertiary/aromatic N) is 4. The minimum atomic E-state index is 0.506. The van der Waals surface area contributed by atoms with Crippen LogP contribution in [0, 0.1) is 0 Å². The molecular weight excluding hydrogens is 320 g/mol. The normalized spacial score (nSPS) is 11.1. The van der Waals surface area contributed by atoms with Gasteiger partial charge in [-0.2, -0.15) is 0 Å². The number of benzene rings is 2. The molecule has 4 aromatic rings. The van der Waals surface area contributed by atoms with Gasteiger partial charge in [0.25, 0.3) is 0 Å². The molecule has 6 nitrogen and oxygen atoms in total. The Kier molecular flexibility index (Phi) is 3.42. The van der Waals surface area contributed by atoms with Gasteiger partial charge in [0, 0.05) is 14.1 Å². The van der Waals surface area contributed by atoms with Gasteiger partial charge in [-0.1, -0.05) is 12.1 Å². The first kappa shape index (κ1) is 14.6. The van der Waals surface area contributed by atoms with E-state index in [1.165, 1.54) is 0 Å². The van der Waals surface area contributed by atoms with E-state index in [0.29, 0.717) is 5.11 Å². The Hall–Kier alpha value is -2.93. The van der Waals surface area contributed by atoms with Crippen LogP contribution in [0.5, 0.6) is 0 Å². The molecule has 0 aliphatic carbocycles. The molecule has 2 aromatic carbocycles. The van der Waals surface area contributed by atoms with Crippen LogP contribution in [0.4, 0.5) is 11.4 Å². The molecule has 2 N–H and O–H groups in total. The lowest BCUT2D eigenvalue weighted by Gasteiger charge is -2.11. The Morgan fingerprint density at radius 1 is 0.833 bits per heavy atom. The van der Waals surface area contributed by atoms with Crippen molar-refractivity contribution in [3.63, 3.8) is 0 Å². The maximum absolute atomic E-state index is 5.47. The first-order valence-corrected chi connectivity index (χ1v) is 7.92. The van der Waals surface area contributed by atoms with Crippen molar-refractivity contribution >= 4 is 50.8 Å². The topological polar surface area (TPSA) is 59.7 Å². The number of hydrogen-bond donors (Lipinski definition) is 2. The SMILES string of the molecule is Cn1cnc2c(NC(=S)Nc3cccc4c3ncn4C)cccc21. The lowest BCUT2D eigenvalue weighted by Crippen LogP contribution is -2.19. The number of aryl methyl sites for hydroxylation is 2. The lowest BCUT2D eigenvalue weighted by molar-refractivity contribution is 0.948. The molecule has 0 atom stereocenters. The van der Waals surface area contributed by atoms with Gasteiger partial charge >= 0.3 is 0 Å². The van der Waals surface area contributed by atoms with Crippen LogP contribution in [0.3, 0.4) is 0 Å². The van der Waals surface area contributed by atoms with Gasteiger partial charge in [-0.15, -0.1) is 0 Å². The summed E-state index contributed by atoms with van der Waals surface area (Å²) in [6.07, 6.45) is 3.59. The van der Waals surface area contributed by atoms with Crippen LogP contribution in [0.2, 0.25) is 0 Å². The number of thiocarbonyl (C=S) groups is 1. The molecule has 0 spiro atoms. The van der Waals surface area contributed by atoms with E-state index in [-0.39, 0.29) is 0 Å². The molecule has 2 aromatic heterocycles. The number of nitrogens with one attached hydrogen (secondary N) is 2. The number of anilines is 2. The second-order valence-corrected chi connectivity index (χ2v) is 6.04. The van der Waals surface area contributed by atoms with Crippen LogP contribution >= 0.6 is 12.2 Å². The van der Waals surface area contributed by atoms with E-state index in [4.69, 9.17) is 12.2 Å². The molecule has 0 bridgehead atoms. The average molecular weight is 336 g/mol. The zero-order chi connectivity index (χ0) is 16.7. The Bertz CT molecular complexity index is 978. The van der Waals surface area contributed by atoms with Crippen molar-refractivity contribution in [3.8, 4) is 0 Å². The number of fused-ring (bicyclic) bond motifs is 2. The van der Waals surface area contributed by atoms with E-state index in [1.807, 2.05) is 59.6 Å². The van der Waals surface area contributed by atoms with Gasteiger partial charge in [-0.3, -0.25) is 0 Å². The van der Waals surface area contributed by atoms with Gasteiger partial charge in [0.15, 0.2) is 5.11 Å². The summed E-state index contributed by atoms with van der Waals surface area (Å²) >= 11 is 5.47. The average Bonchev–Trinajstić information content (AvgIpc) is 3.13. The van der Waals surface area contributed by atoms with Crippen LogP contribution in [0.25, 0.3) is 22.1 Å². The summed E-state index contributed by atoms with van der Waals surface area (Å²) in [5.74, 6) is 0. The van der Waals surface area contributed by atoms with Crippen molar-refractivity contribution in [3.05, 3.63) is 49.1 Å². The first-order chi connectivity index (χ1) is 11.6. The molecule has 0 saturated heterocycles. The molecule has 0 radical (unpaired) electrons. The summed E-state index contributed by atoms with van der Waals surface area (Å²) in [5.41, 5.74) is 5.63.